The van der Waals surface area contributed by atoms with Crippen molar-refractivity contribution in [3.8, 4) is 0 Å². The van der Waals surface area contributed by atoms with Crippen LogP contribution in [0.2, 0.25) is 0 Å². The van der Waals surface area contributed by atoms with Crippen LogP contribution in [-0.4, -0.2) is 5.11 Å². The number of hydrogen-bond acceptors (Lipinski definition) is 1. The Bertz CT molecular complexity index is 548. The fourth-order valence-electron chi connectivity index (χ4n) is 2.62. The molecule has 0 aliphatic heterocycles. The van der Waals surface area contributed by atoms with Crippen molar-refractivity contribution < 1.29 is 9.50 Å². The second-order valence-electron chi connectivity index (χ2n) is 4.38. The first-order chi connectivity index (χ1) is 7.77. The van der Waals surface area contributed by atoms with E-state index in [0.29, 0.717) is 5.39 Å². The number of benzene rings is 2. The number of fused-ring (bicyclic) bond motifs is 3. The third kappa shape index (κ3) is 1.34. The minimum atomic E-state index is -0.497. The first-order valence-corrected chi connectivity index (χ1v) is 5.65. The average Bonchev–Trinajstić information content (AvgIpc) is 2.31. The van der Waals surface area contributed by atoms with Gasteiger partial charge in [-0.25, -0.2) is 4.39 Å². The van der Waals surface area contributed by atoms with Crippen molar-refractivity contribution in [1.29, 1.82) is 0 Å². The summed E-state index contributed by atoms with van der Waals surface area (Å²) in [5.41, 5.74) is 1.90. The number of aliphatic hydroxyl groups excluding tert-OH is 1. The van der Waals surface area contributed by atoms with Crippen molar-refractivity contribution in [2.75, 3.05) is 0 Å². The molecule has 0 fully saturated rings. The van der Waals surface area contributed by atoms with Crippen LogP contribution in [0.15, 0.2) is 30.3 Å². The van der Waals surface area contributed by atoms with Crippen LogP contribution in [0.3, 0.4) is 0 Å². The summed E-state index contributed by atoms with van der Waals surface area (Å²) in [7, 11) is 0. The van der Waals surface area contributed by atoms with E-state index in [4.69, 9.17) is 0 Å². The zero-order valence-electron chi connectivity index (χ0n) is 8.91. The lowest BCUT2D eigenvalue weighted by molar-refractivity contribution is 0.156. The third-order valence-corrected chi connectivity index (χ3v) is 3.40. The van der Waals surface area contributed by atoms with Gasteiger partial charge in [-0.05, 0) is 41.8 Å². The lowest BCUT2D eigenvalue weighted by atomic mass is 9.86. The molecule has 0 saturated carbocycles. The maximum Gasteiger partial charge on any atom is 0.131 e. The van der Waals surface area contributed by atoms with E-state index in [2.05, 4.69) is 0 Å². The minimum absolute atomic E-state index is 0.227. The Morgan fingerprint density at radius 3 is 2.75 bits per heavy atom. The molecule has 2 heteroatoms. The molecule has 0 amide bonds. The van der Waals surface area contributed by atoms with Gasteiger partial charge in [-0.1, -0.05) is 24.3 Å². The molecule has 1 aliphatic rings. The van der Waals surface area contributed by atoms with Gasteiger partial charge in [-0.15, -0.1) is 0 Å². The van der Waals surface area contributed by atoms with Crippen LogP contribution in [0.5, 0.6) is 0 Å². The maximum absolute atomic E-state index is 13.8. The Kier molecular flexibility index (Phi) is 2.18. The fraction of sp³-hybridized carbons (Fsp3) is 0.286. The Morgan fingerprint density at radius 1 is 1.19 bits per heavy atom. The van der Waals surface area contributed by atoms with Crippen LogP contribution < -0.4 is 0 Å². The van der Waals surface area contributed by atoms with Gasteiger partial charge in [0.2, 0.25) is 0 Å². The maximum atomic E-state index is 13.8. The van der Waals surface area contributed by atoms with Gasteiger partial charge in [0.1, 0.15) is 5.82 Å². The summed E-state index contributed by atoms with van der Waals surface area (Å²) in [4.78, 5) is 0. The second-order valence-corrected chi connectivity index (χ2v) is 4.38. The zero-order chi connectivity index (χ0) is 11.1. The highest BCUT2D eigenvalue weighted by molar-refractivity contribution is 5.87. The normalized spacial score (nSPS) is 19.8. The molecule has 1 atom stereocenters. The Morgan fingerprint density at radius 2 is 1.94 bits per heavy atom. The Balaban J connectivity index is 2.38. The van der Waals surface area contributed by atoms with Gasteiger partial charge in [0.25, 0.3) is 0 Å². The van der Waals surface area contributed by atoms with E-state index in [1.807, 2.05) is 18.2 Å². The van der Waals surface area contributed by atoms with Crippen LogP contribution in [0.4, 0.5) is 4.39 Å². The number of rotatable bonds is 0. The molecular formula is C14H13FO. The van der Waals surface area contributed by atoms with Gasteiger partial charge in [0.05, 0.1) is 6.10 Å². The molecule has 0 radical (unpaired) electrons. The molecule has 16 heavy (non-hydrogen) atoms. The average molecular weight is 216 g/mol. The predicted molar refractivity (Wildman–Crippen MR) is 61.8 cm³/mol. The predicted octanol–water partition coefficient (Wildman–Crippen LogP) is 3.35. The van der Waals surface area contributed by atoms with Crippen molar-refractivity contribution >= 4 is 10.8 Å². The molecule has 2 aromatic carbocycles. The third-order valence-electron chi connectivity index (χ3n) is 3.40. The van der Waals surface area contributed by atoms with Gasteiger partial charge >= 0.3 is 0 Å². The van der Waals surface area contributed by atoms with Crippen molar-refractivity contribution in [2.24, 2.45) is 0 Å². The summed E-state index contributed by atoms with van der Waals surface area (Å²) in [6.07, 6.45) is 2.16. The molecule has 1 aliphatic carbocycles. The van der Waals surface area contributed by atoms with Gasteiger partial charge < -0.3 is 5.11 Å². The lowest BCUT2D eigenvalue weighted by Crippen LogP contribution is -2.10. The number of halogens is 1. The minimum Gasteiger partial charge on any atom is -0.388 e. The zero-order valence-corrected chi connectivity index (χ0v) is 8.91. The fourth-order valence-corrected chi connectivity index (χ4v) is 2.62. The largest absolute Gasteiger partial charge is 0.388 e. The molecule has 3 rings (SSSR count). The number of aryl methyl sites for hydroxylation is 1. The highest BCUT2D eigenvalue weighted by atomic mass is 19.1. The Labute approximate surface area is 93.5 Å². The molecule has 0 saturated heterocycles. The summed E-state index contributed by atoms with van der Waals surface area (Å²) in [5, 5.41) is 11.5. The van der Waals surface area contributed by atoms with Crippen LogP contribution in [0.25, 0.3) is 10.8 Å². The summed E-state index contributed by atoms with van der Waals surface area (Å²) in [6, 6.07) is 9.00. The van der Waals surface area contributed by atoms with Crippen LogP contribution in [0.1, 0.15) is 30.1 Å². The number of aliphatic hydroxyl groups is 1. The van der Waals surface area contributed by atoms with E-state index < -0.39 is 6.10 Å². The molecule has 0 heterocycles. The molecule has 0 aromatic heterocycles. The monoisotopic (exact) mass is 216 g/mol. The topological polar surface area (TPSA) is 20.2 Å². The highest BCUT2D eigenvalue weighted by Gasteiger charge is 2.21. The van der Waals surface area contributed by atoms with E-state index in [9.17, 15) is 9.50 Å². The summed E-state index contributed by atoms with van der Waals surface area (Å²) >= 11 is 0. The summed E-state index contributed by atoms with van der Waals surface area (Å²) < 4.78 is 13.8. The molecule has 2 aromatic rings. The van der Waals surface area contributed by atoms with E-state index in [1.54, 1.807) is 6.07 Å². The van der Waals surface area contributed by atoms with E-state index in [-0.39, 0.29) is 5.82 Å². The van der Waals surface area contributed by atoms with Crippen molar-refractivity contribution in [1.82, 2.24) is 0 Å². The van der Waals surface area contributed by atoms with E-state index in [1.165, 1.54) is 6.07 Å². The standard InChI is InChI=1S/C14H13FO/c15-13-8-12-10(6-3-7-14(12)16)9-4-1-2-5-11(9)13/h1-2,4-5,8,14,16H,3,6-7H2/t14-/m0/s1. The first-order valence-electron chi connectivity index (χ1n) is 5.65. The lowest BCUT2D eigenvalue weighted by Gasteiger charge is -2.23. The van der Waals surface area contributed by atoms with Crippen molar-refractivity contribution in [3.05, 3.63) is 47.3 Å². The molecule has 0 bridgehead atoms. The van der Waals surface area contributed by atoms with Crippen molar-refractivity contribution in [3.63, 3.8) is 0 Å². The van der Waals surface area contributed by atoms with Gasteiger partial charge in [0, 0.05) is 5.39 Å². The summed E-state index contributed by atoms with van der Waals surface area (Å²) in [5.74, 6) is -0.227. The quantitative estimate of drug-likeness (QED) is 0.716. The Hall–Kier alpha value is -1.41. The van der Waals surface area contributed by atoms with Gasteiger partial charge in [-0.3, -0.25) is 0 Å². The SMILES string of the molecule is O[C@H]1CCCc2c1cc(F)c1ccccc21. The van der Waals surface area contributed by atoms with Gasteiger partial charge in [-0.2, -0.15) is 0 Å². The summed E-state index contributed by atoms with van der Waals surface area (Å²) in [6.45, 7) is 0. The molecule has 82 valence electrons. The van der Waals surface area contributed by atoms with E-state index in [0.717, 1.165) is 35.8 Å². The van der Waals surface area contributed by atoms with E-state index >= 15 is 0 Å². The molecule has 1 N–H and O–H groups in total. The van der Waals surface area contributed by atoms with Crippen LogP contribution in [0, 0.1) is 5.82 Å². The molecular weight excluding hydrogens is 203 g/mol. The highest BCUT2D eigenvalue weighted by Crippen LogP contribution is 2.35. The van der Waals surface area contributed by atoms with Crippen LogP contribution >= 0.6 is 0 Å². The smallest absolute Gasteiger partial charge is 0.131 e. The number of hydrogen-bond donors (Lipinski definition) is 1. The molecule has 1 nitrogen and oxygen atoms in total. The molecule has 0 spiro atoms. The first kappa shape index (κ1) is 9.79. The van der Waals surface area contributed by atoms with Crippen LogP contribution in [-0.2, 0) is 6.42 Å². The second kappa shape index (κ2) is 3.56. The van der Waals surface area contributed by atoms with Gasteiger partial charge in [0.15, 0.2) is 0 Å². The van der Waals surface area contributed by atoms with Crippen molar-refractivity contribution in [2.45, 2.75) is 25.4 Å². The molecule has 0 unspecified atom stereocenters.